The standard InChI is InChI=1S/C48H30N2S/c1-2-11-31(12-3-1)32-23-25-33(26-24-32)35-17-8-18-36(27-35)37-19-9-20-40(28-37)47-49-46(42-22-10-16-34-13-6-7-21-41(34)42)45-43-29-38-14-4-5-15-39(38)30-44(43)51-48(45)50-47/h1-30H. The van der Waals surface area contributed by atoms with Crippen molar-refractivity contribution in [2.24, 2.45) is 0 Å². The second kappa shape index (κ2) is 12.2. The van der Waals surface area contributed by atoms with E-state index in [9.17, 15) is 0 Å². The van der Waals surface area contributed by atoms with Gasteiger partial charge >= 0.3 is 0 Å². The maximum absolute atomic E-state index is 5.42. The van der Waals surface area contributed by atoms with Crippen LogP contribution in [0.3, 0.4) is 0 Å². The molecule has 2 heterocycles. The highest BCUT2D eigenvalue weighted by molar-refractivity contribution is 7.25. The van der Waals surface area contributed by atoms with Crippen LogP contribution in [-0.4, -0.2) is 9.97 Å². The molecule has 0 unspecified atom stereocenters. The maximum Gasteiger partial charge on any atom is 0.161 e. The van der Waals surface area contributed by atoms with Crippen molar-refractivity contribution in [1.82, 2.24) is 9.97 Å². The van der Waals surface area contributed by atoms with Crippen molar-refractivity contribution in [2.45, 2.75) is 0 Å². The van der Waals surface area contributed by atoms with Gasteiger partial charge in [0.2, 0.25) is 0 Å². The Balaban J connectivity index is 1.11. The second-order valence-corrected chi connectivity index (χ2v) is 14.0. The largest absolute Gasteiger partial charge is 0.227 e. The van der Waals surface area contributed by atoms with Crippen LogP contribution in [0, 0.1) is 0 Å². The maximum atomic E-state index is 5.42. The van der Waals surface area contributed by atoms with Crippen LogP contribution in [0.5, 0.6) is 0 Å². The summed E-state index contributed by atoms with van der Waals surface area (Å²) >= 11 is 1.75. The number of hydrogen-bond acceptors (Lipinski definition) is 3. The summed E-state index contributed by atoms with van der Waals surface area (Å²) in [5, 5.41) is 7.16. The Morgan fingerprint density at radius 1 is 0.353 bits per heavy atom. The number of fused-ring (bicyclic) bond motifs is 5. The summed E-state index contributed by atoms with van der Waals surface area (Å²) in [6.07, 6.45) is 0. The minimum atomic E-state index is 0.732. The first-order valence-corrected chi connectivity index (χ1v) is 18.0. The van der Waals surface area contributed by atoms with Gasteiger partial charge in [-0.05, 0) is 79.2 Å². The Bertz CT molecular complexity index is 2900. The summed E-state index contributed by atoms with van der Waals surface area (Å²) in [5.41, 5.74) is 10.2. The van der Waals surface area contributed by atoms with Crippen LogP contribution < -0.4 is 0 Å². The van der Waals surface area contributed by atoms with E-state index >= 15 is 0 Å². The Labute approximate surface area is 300 Å². The van der Waals surface area contributed by atoms with E-state index in [-0.39, 0.29) is 0 Å². The third kappa shape index (κ3) is 5.27. The predicted octanol–water partition coefficient (Wildman–Crippen LogP) is 13.5. The monoisotopic (exact) mass is 666 g/mol. The van der Waals surface area contributed by atoms with Gasteiger partial charge < -0.3 is 0 Å². The molecular weight excluding hydrogens is 637 g/mol. The van der Waals surface area contributed by atoms with Gasteiger partial charge in [0, 0.05) is 26.6 Å². The lowest BCUT2D eigenvalue weighted by Gasteiger charge is -2.12. The lowest BCUT2D eigenvalue weighted by atomic mass is 9.96. The van der Waals surface area contributed by atoms with Gasteiger partial charge in [0.15, 0.2) is 5.82 Å². The number of hydrogen-bond donors (Lipinski definition) is 0. The van der Waals surface area contributed by atoms with Gasteiger partial charge in [-0.2, -0.15) is 0 Å². The topological polar surface area (TPSA) is 25.8 Å². The molecule has 0 aliphatic carbocycles. The van der Waals surface area contributed by atoms with Crippen LogP contribution in [-0.2, 0) is 0 Å². The SMILES string of the molecule is c1ccc(-c2ccc(-c3cccc(-c4cccc(-c5nc(-c6cccc7ccccc67)c6c(n5)sc5cc7ccccc7cc56)c4)c3)cc2)cc1. The molecule has 0 aliphatic rings. The quantitative estimate of drug-likeness (QED) is 0.183. The summed E-state index contributed by atoms with van der Waals surface area (Å²) < 4.78 is 1.22. The van der Waals surface area contributed by atoms with Crippen LogP contribution in [0.25, 0.3) is 97.9 Å². The third-order valence-corrected chi connectivity index (χ3v) is 10.9. The number of aromatic nitrogens is 2. The van der Waals surface area contributed by atoms with E-state index in [1.807, 2.05) is 0 Å². The number of nitrogens with zero attached hydrogens (tertiary/aromatic N) is 2. The van der Waals surface area contributed by atoms with E-state index in [4.69, 9.17) is 9.97 Å². The van der Waals surface area contributed by atoms with Gasteiger partial charge in [0.25, 0.3) is 0 Å². The molecule has 2 nitrogen and oxygen atoms in total. The van der Waals surface area contributed by atoms with Crippen LogP contribution in [0.4, 0.5) is 0 Å². The molecule has 0 spiro atoms. The van der Waals surface area contributed by atoms with Crippen molar-refractivity contribution in [3.63, 3.8) is 0 Å². The highest BCUT2D eigenvalue weighted by Gasteiger charge is 2.19. The van der Waals surface area contributed by atoms with Gasteiger partial charge in [-0.15, -0.1) is 11.3 Å². The fourth-order valence-electron chi connectivity index (χ4n) is 7.32. The average Bonchev–Trinajstić information content (AvgIpc) is 3.57. The van der Waals surface area contributed by atoms with Crippen LogP contribution >= 0.6 is 11.3 Å². The van der Waals surface area contributed by atoms with E-state index in [0.29, 0.717) is 0 Å². The van der Waals surface area contributed by atoms with Crippen molar-refractivity contribution in [1.29, 1.82) is 0 Å². The molecule has 0 atom stereocenters. The van der Waals surface area contributed by atoms with Crippen molar-refractivity contribution < 1.29 is 0 Å². The summed E-state index contributed by atoms with van der Waals surface area (Å²) in [4.78, 5) is 11.7. The van der Waals surface area contributed by atoms with Crippen molar-refractivity contribution >= 4 is 53.2 Å². The lowest BCUT2D eigenvalue weighted by molar-refractivity contribution is 1.24. The zero-order valence-electron chi connectivity index (χ0n) is 27.6. The molecule has 0 aliphatic heterocycles. The molecule has 51 heavy (non-hydrogen) atoms. The molecule has 0 amide bonds. The van der Waals surface area contributed by atoms with E-state index < -0.39 is 0 Å². The van der Waals surface area contributed by atoms with E-state index in [0.717, 1.165) is 44.0 Å². The zero-order valence-corrected chi connectivity index (χ0v) is 28.4. The van der Waals surface area contributed by atoms with Crippen LogP contribution in [0.15, 0.2) is 182 Å². The molecule has 0 radical (unpaired) electrons. The van der Waals surface area contributed by atoms with Crippen molar-refractivity contribution in [3.05, 3.63) is 182 Å². The first kappa shape index (κ1) is 29.5. The molecule has 0 saturated heterocycles. The highest BCUT2D eigenvalue weighted by atomic mass is 32.1. The van der Waals surface area contributed by atoms with Gasteiger partial charge in [0.1, 0.15) is 4.83 Å². The Kier molecular flexibility index (Phi) is 7.04. The van der Waals surface area contributed by atoms with Crippen molar-refractivity contribution in [3.8, 4) is 56.0 Å². The minimum Gasteiger partial charge on any atom is -0.227 e. The molecule has 0 fully saturated rings. The van der Waals surface area contributed by atoms with Gasteiger partial charge in [-0.3, -0.25) is 0 Å². The summed E-state index contributed by atoms with van der Waals surface area (Å²) in [5.74, 6) is 0.732. The average molecular weight is 667 g/mol. The Morgan fingerprint density at radius 3 is 1.65 bits per heavy atom. The van der Waals surface area contributed by atoms with E-state index in [2.05, 4.69) is 182 Å². The van der Waals surface area contributed by atoms with Crippen LogP contribution in [0.1, 0.15) is 0 Å². The normalized spacial score (nSPS) is 11.5. The smallest absolute Gasteiger partial charge is 0.161 e. The number of thiophene rings is 1. The molecule has 0 N–H and O–H groups in total. The van der Waals surface area contributed by atoms with Crippen molar-refractivity contribution in [2.75, 3.05) is 0 Å². The molecule has 0 saturated carbocycles. The number of rotatable bonds is 5. The second-order valence-electron chi connectivity index (χ2n) is 13.0. The molecule has 10 rings (SSSR count). The molecule has 3 heteroatoms. The van der Waals surface area contributed by atoms with E-state index in [1.165, 1.54) is 53.9 Å². The molecule has 8 aromatic carbocycles. The highest BCUT2D eigenvalue weighted by Crippen LogP contribution is 2.43. The fraction of sp³-hybridized carbons (Fsp3) is 0. The number of benzene rings is 8. The lowest BCUT2D eigenvalue weighted by Crippen LogP contribution is -1.94. The molecule has 238 valence electrons. The molecule has 2 aromatic heterocycles. The summed E-state index contributed by atoms with van der Waals surface area (Å²) in [6, 6.07) is 65.1. The first-order valence-electron chi connectivity index (χ1n) is 17.2. The third-order valence-electron chi connectivity index (χ3n) is 9.89. The van der Waals surface area contributed by atoms with E-state index in [1.54, 1.807) is 11.3 Å². The molecule has 0 bridgehead atoms. The van der Waals surface area contributed by atoms with Gasteiger partial charge in [-0.1, -0.05) is 158 Å². The molecule has 10 aromatic rings. The van der Waals surface area contributed by atoms with Crippen LogP contribution in [0.2, 0.25) is 0 Å². The first-order chi connectivity index (χ1) is 25.2. The Morgan fingerprint density at radius 2 is 0.882 bits per heavy atom. The molecular formula is C48H30N2S. The summed E-state index contributed by atoms with van der Waals surface area (Å²) in [7, 11) is 0. The fourth-order valence-corrected chi connectivity index (χ4v) is 8.42. The van der Waals surface area contributed by atoms with Gasteiger partial charge in [0.05, 0.1) is 5.69 Å². The zero-order chi connectivity index (χ0) is 33.7. The summed E-state index contributed by atoms with van der Waals surface area (Å²) in [6.45, 7) is 0. The Hall–Kier alpha value is -6.42. The van der Waals surface area contributed by atoms with Gasteiger partial charge in [-0.25, -0.2) is 9.97 Å². The minimum absolute atomic E-state index is 0.732. The predicted molar refractivity (Wildman–Crippen MR) is 217 cm³/mol.